The van der Waals surface area contributed by atoms with E-state index in [-0.39, 0.29) is 10.2 Å². The molecule has 0 fully saturated rings. The lowest BCUT2D eigenvalue weighted by molar-refractivity contribution is -0.141. The zero-order valence-corrected chi connectivity index (χ0v) is 10.1. The number of hydrogen-bond donors (Lipinski definition) is 1. The van der Waals surface area contributed by atoms with Crippen LogP contribution < -0.4 is 5.43 Å². The zero-order chi connectivity index (χ0) is 13.4. The third-order valence-corrected chi connectivity index (χ3v) is 2.99. The van der Waals surface area contributed by atoms with Gasteiger partial charge < -0.3 is 9.67 Å². The number of carbonyl (C=O) groups is 1. The van der Waals surface area contributed by atoms with Crippen LogP contribution in [0.15, 0.2) is 15.5 Å². The molecule has 17 heavy (non-hydrogen) atoms. The maximum Gasteiger partial charge on any atom is 0.406 e. The van der Waals surface area contributed by atoms with Gasteiger partial charge in [-0.2, -0.15) is 13.2 Å². The molecule has 1 aromatic rings. The summed E-state index contributed by atoms with van der Waals surface area (Å²) in [6.07, 6.45) is -3.80. The lowest BCUT2D eigenvalue weighted by Crippen LogP contribution is -2.25. The highest BCUT2D eigenvalue weighted by atomic mass is 79.9. The number of pyridine rings is 1. The van der Waals surface area contributed by atoms with Crippen LogP contribution >= 0.6 is 15.9 Å². The monoisotopic (exact) mass is 313 g/mol. The van der Waals surface area contributed by atoms with E-state index in [1.165, 1.54) is 6.92 Å². The summed E-state index contributed by atoms with van der Waals surface area (Å²) in [4.78, 5) is 22.1. The summed E-state index contributed by atoms with van der Waals surface area (Å²) < 4.78 is 37.2. The fourth-order valence-electron chi connectivity index (χ4n) is 1.23. The molecule has 0 aromatic carbocycles. The highest BCUT2D eigenvalue weighted by Gasteiger charge is 2.29. The molecule has 0 amide bonds. The van der Waals surface area contributed by atoms with E-state index in [9.17, 15) is 22.8 Å². The molecule has 0 saturated heterocycles. The van der Waals surface area contributed by atoms with E-state index in [1.54, 1.807) is 0 Å². The summed E-state index contributed by atoms with van der Waals surface area (Å²) in [5, 5.41) is 8.69. The van der Waals surface area contributed by atoms with Crippen LogP contribution in [-0.4, -0.2) is 21.8 Å². The molecular formula is C9H7BrF3NO3. The lowest BCUT2D eigenvalue weighted by atomic mass is 10.2. The number of nitrogens with zero attached hydrogens (tertiary/aromatic N) is 1. The molecule has 0 atom stereocenters. The minimum atomic E-state index is -4.49. The molecule has 8 heteroatoms. The van der Waals surface area contributed by atoms with Gasteiger partial charge in [0.2, 0.25) is 5.43 Å². The maximum absolute atomic E-state index is 12.2. The number of carboxylic acids is 1. The van der Waals surface area contributed by atoms with E-state index in [0.717, 1.165) is 0 Å². The largest absolute Gasteiger partial charge is 0.477 e. The van der Waals surface area contributed by atoms with Crippen LogP contribution in [0.4, 0.5) is 13.2 Å². The highest BCUT2D eigenvalue weighted by molar-refractivity contribution is 9.10. The Bertz CT molecular complexity index is 521. The standard InChI is InChI=1S/C9H7BrF3NO3/c1-4-6(10)7(15)5(8(16)17)2-14(4)3-9(11,12)13/h2H,3H2,1H3,(H,16,17). The number of aromatic nitrogens is 1. The summed E-state index contributed by atoms with van der Waals surface area (Å²) in [7, 11) is 0. The number of alkyl halides is 3. The fraction of sp³-hybridized carbons (Fsp3) is 0.333. The van der Waals surface area contributed by atoms with Crippen molar-refractivity contribution in [3.63, 3.8) is 0 Å². The predicted octanol–water partition coefficient (Wildman–Crippen LogP) is 2.18. The lowest BCUT2D eigenvalue weighted by Gasteiger charge is -2.15. The van der Waals surface area contributed by atoms with Gasteiger partial charge in [-0.1, -0.05) is 0 Å². The van der Waals surface area contributed by atoms with Crippen LogP contribution in [0.25, 0.3) is 0 Å². The van der Waals surface area contributed by atoms with E-state index >= 15 is 0 Å². The quantitative estimate of drug-likeness (QED) is 0.910. The van der Waals surface area contributed by atoms with Crippen LogP contribution in [0.2, 0.25) is 0 Å². The van der Waals surface area contributed by atoms with Gasteiger partial charge in [-0.25, -0.2) is 4.79 Å². The third kappa shape index (κ3) is 3.09. The first kappa shape index (κ1) is 13.8. The van der Waals surface area contributed by atoms with E-state index in [4.69, 9.17) is 5.11 Å². The Morgan fingerprint density at radius 2 is 2.06 bits per heavy atom. The first-order valence-corrected chi connectivity index (χ1v) is 5.12. The molecule has 0 unspecified atom stereocenters. The van der Waals surface area contributed by atoms with Gasteiger partial charge in [0.15, 0.2) is 0 Å². The average molecular weight is 314 g/mol. The van der Waals surface area contributed by atoms with Gasteiger partial charge in [0.05, 0.1) is 4.47 Å². The van der Waals surface area contributed by atoms with Crippen molar-refractivity contribution in [2.75, 3.05) is 0 Å². The molecular weight excluding hydrogens is 307 g/mol. The van der Waals surface area contributed by atoms with E-state index in [0.29, 0.717) is 10.8 Å². The normalized spacial score (nSPS) is 11.6. The Morgan fingerprint density at radius 1 is 1.53 bits per heavy atom. The van der Waals surface area contributed by atoms with Gasteiger partial charge in [-0.05, 0) is 22.9 Å². The first-order chi connectivity index (χ1) is 7.63. The van der Waals surface area contributed by atoms with Crippen LogP contribution in [0.3, 0.4) is 0 Å². The number of rotatable bonds is 2. The van der Waals surface area contributed by atoms with Crippen LogP contribution in [0.1, 0.15) is 16.1 Å². The van der Waals surface area contributed by atoms with Crippen molar-refractivity contribution in [3.8, 4) is 0 Å². The smallest absolute Gasteiger partial charge is 0.406 e. The zero-order valence-electron chi connectivity index (χ0n) is 8.51. The molecule has 1 heterocycles. The molecule has 0 aliphatic carbocycles. The summed E-state index contributed by atoms with van der Waals surface area (Å²) >= 11 is 2.79. The number of hydrogen-bond acceptors (Lipinski definition) is 2. The number of aromatic carboxylic acids is 1. The van der Waals surface area contributed by atoms with Gasteiger partial charge >= 0.3 is 12.1 Å². The van der Waals surface area contributed by atoms with Crippen LogP contribution in [0.5, 0.6) is 0 Å². The average Bonchev–Trinajstić information content (AvgIpc) is 2.16. The predicted molar refractivity (Wildman–Crippen MR) is 56.2 cm³/mol. The minimum absolute atomic E-state index is 0.0253. The third-order valence-electron chi connectivity index (χ3n) is 2.06. The second-order valence-corrected chi connectivity index (χ2v) is 4.11. The van der Waals surface area contributed by atoms with Crippen molar-refractivity contribution < 1.29 is 23.1 Å². The Kier molecular flexibility index (Phi) is 3.65. The number of carboxylic acid groups (broad SMARTS) is 1. The van der Waals surface area contributed by atoms with E-state index in [1.807, 2.05) is 0 Å². The summed E-state index contributed by atoms with van der Waals surface area (Å²) in [5.41, 5.74) is -1.52. The van der Waals surface area contributed by atoms with Gasteiger partial charge in [0, 0.05) is 11.9 Å². The highest BCUT2D eigenvalue weighted by Crippen LogP contribution is 2.21. The molecule has 4 nitrogen and oxygen atoms in total. The molecule has 94 valence electrons. The molecule has 0 aliphatic rings. The maximum atomic E-state index is 12.2. The molecule has 0 aliphatic heterocycles. The fourth-order valence-corrected chi connectivity index (χ4v) is 1.67. The van der Waals surface area contributed by atoms with Gasteiger partial charge in [-0.3, -0.25) is 4.79 Å². The Labute approximate surface area is 102 Å². The topological polar surface area (TPSA) is 59.3 Å². The molecule has 0 radical (unpaired) electrons. The summed E-state index contributed by atoms with van der Waals surface area (Å²) in [6, 6.07) is 0. The van der Waals surface area contributed by atoms with Crippen molar-refractivity contribution in [3.05, 3.63) is 32.2 Å². The number of halogens is 4. The van der Waals surface area contributed by atoms with Crippen LogP contribution in [-0.2, 0) is 6.54 Å². The van der Waals surface area contributed by atoms with E-state index in [2.05, 4.69) is 15.9 Å². The molecule has 0 bridgehead atoms. The van der Waals surface area contributed by atoms with Crippen molar-refractivity contribution in [2.45, 2.75) is 19.6 Å². The van der Waals surface area contributed by atoms with Crippen molar-refractivity contribution in [1.82, 2.24) is 4.57 Å². The van der Waals surface area contributed by atoms with Gasteiger partial charge in [0.25, 0.3) is 0 Å². The van der Waals surface area contributed by atoms with E-state index < -0.39 is 29.7 Å². The van der Waals surface area contributed by atoms with Crippen molar-refractivity contribution in [2.24, 2.45) is 0 Å². The minimum Gasteiger partial charge on any atom is -0.477 e. The van der Waals surface area contributed by atoms with Gasteiger partial charge in [-0.15, -0.1) is 0 Å². The molecule has 1 N–H and O–H groups in total. The van der Waals surface area contributed by atoms with Crippen molar-refractivity contribution in [1.29, 1.82) is 0 Å². The van der Waals surface area contributed by atoms with Crippen LogP contribution in [0, 0.1) is 6.92 Å². The first-order valence-electron chi connectivity index (χ1n) is 4.33. The molecule has 1 aromatic heterocycles. The Hall–Kier alpha value is -1.31. The second-order valence-electron chi connectivity index (χ2n) is 3.32. The summed E-state index contributed by atoms with van der Waals surface area (Å²) in [6.45, 7) is -0.0547. The molecule has 1 rings (SSSR count). The summed E-state index contributed by atoms with van der Waals surface area (Å²) in [5.74, 6) is -1.56. The van der Waals surface area contributed by atoms with Gasteiger partial charge in [0.1, 0.15) is 12.1 Å². The Morgan fingerprint density at radius 3 is 2.47 bits per heavy atom. The molecule has 0 spiro atoms. The SMILES string of the molecule is Cc1c(Br)c(=O)c(C(=O)O)cn1CC(F)(F)F. The Balaban J connectivity index is 3.43. The second kappa shape index (κ2) is 4.52. The van der Waals surface area contributed by atoms with Crippen molar-refractivity contribution >= 4 is 21.9 Å². The molecule has 0 saturated carbocycles.